The van der Waals surface area contributed by atoms with Crippen LogP contribution in [0.5, 0.6) is 0 Å². The molecule has 1 heterocycles. The average molecular weight is 254 g/mol. The van der Waals surface area contributed by atoms with Crippen LogP contribution >= 0.6 is 11.6 Å². The van der Waals surface area contributed by atoms with Gasteiger partial charge < -0.3 is 9.62 Å². The number of nitrogens with zero attached hydrogens (tertiary/aromatic N) is 1. The standard InChI is InChI=1S/C12H9ClFNO2/c1-7(15-16)11-4-5-12(17-11)8-2-3-10(14)9(13)6-8/h2-6,16H,1H3/b15-7+. The van der Waals surface area contributed by atoms with Gasteiger partial charge in [-0.2, -0.15) is 0 Å². The van der Waals surface area contributed by atoms with Gasteiger partial charge in [0, 0.05) is 5.56 Å². The Kier molecular flexibility index (Phi) is 3.15. The third-order valence-electron chi connectivity index (χ3n) is 2.32. The molecule has 0 aliphatic carbocycles. The normalized spacial score (nSPS) is 11.8. The van der Waals surface area contributed by atoms with E-state index in [0.717, 1.165) is 0 Å². The van der Waals surface area contributed by atoms with Crippen molar-refractivity contribution in [1.29, 1.82) is 0 Å². The van der Waals surface area contributed by atoms with E-state index in [2.05, 4.69) is 5.16 Å². The summed E-state index contributed by atoms with van der Waals surface area (Å²) in [7, 11) is 0. The van der Waals surface area contributed by atoms with Crippen molar-refractivity contribution in [2.75, 3.05) is 0 Å². The molecular weight excluding hydrogens is 245 g/mol. The molecule has 0 atom stereocenters. The lowest BCUT2D eigenvalue weighted by Crippen LogP contribution is -1.90. The quantitative estimate of drug-likeness (QED) is 0.501. The molecule has 1 aromatic heterocycles. The Labute approximate surface area is 102 Å². The van der Waals surface area contributed by atoms with Gasteiger partial charge in [0.2, 0.25) is 0 Å². The van der Waals surface area contributed by atoms with E-state index in [1.165, 1.54) is 12.1 Å². The first-order chi connectivity index (χ1) is 8.11. The number of halogens is 2. The van der Waals surface area contributed by atoms with Gasteiger partial charge in [0.25, 0.3) is 0 Å². The molecule has 17 heavy (non-hydrogen) atoms. The number of furan rings is 1. The van der Waals surface area contributed by atoms with Crippen molar-refractivity contribution in [1.82, 2.24) is 0 Å². The minimum absolute atomic E-state index is 0.0352. The summed E-state index contributed by atoms with van der Waals surface area (Å²) in [6.07, 6.45) is 0. The van der Waals surface area contributed by atoms with Crippen LogP contribution < -0.4 is 0 Å². The van der Waals surface area contributed by atoms with Gasteiger partial charge in [-0.25, -0.2) is 4.39 Å². The van der Waals surface area contributed by atoms with Crippen molar-refractivity contribution in [2.45, 2.75) is 6.92 Å². The van der Waals surface area contributed by atoms with Crippen LogP contribution in [0.4, 0.5) is 4.39 Å². The van der Waals surface area contributed by atoms with Gasteiger partial charge in [-0.3, -0.25) is 0 Å². The minimum atomic E-state index is -0.477. The van der Waals surface area contributed by atoms with Gasteiger partial charge in [-0.1, -0.05) is 16.8 Å². The second kappa shape index (κ2) is 4.59. The van der Waals surface area contributed by atoms with Crippen LogP contribution in [0.25, 0.3) is 11.3 Å². The van der Waals surface area contributed by atoms with Gasteiger partial charge in [0.1, 0.15) is 17.3 Å². The van der Waals surface area contributed by atoms with Gasteiger partial charge in [0.15, 0.2) is 5.76 Å². The Morgan fingerprint density at radius 3 is 2.76 bits per heavy atom. The van der Waals surface area contributed by atoms with Gasteiger partial charge in [-0.15, -0.1) is 0 Å². The maximum absolute atomic E-state index is 13.0. The lowest BCUT2D eigenvalue weighted by molar-refractivity contribution is 0.317. The molecule has 0 radical (unpaired) electrons. The number of rotatable bonds is 2. The summed E-state index contributed by atoms with van der Waals surface area (Å²) in [5, 5.41) is 11.7. The highest BCUT2D eigenvalue weighted by Gasteiger charge is 2.09. The molecule has 0 aliphatic heterocycles. The van der Waals surface area contributed by atoms with E-state index in [4.69, 9.17) is 21.2 Å². The minimum Gasteiger partial charge on any atom is -0.455 e. The maximum Gasteiger partial charge on any atom is 0.152 e. The van der Waals surface area contributed by atoms with Crippen LogP contribution in [0.2, 0.25) is 5.02 Å². The van der Waals surface area contributed by atoms with Crippen LogP contribution in [0, 0.1) is 5.82 Å². The molecule has 0 saturated heterocycles. The van der Waals surface area contributed by atoms with Crippen LogP contribution in [0.1, 0.15) is 12.7 Å². The van der Waals surface area contributed by atoms with Crippen molar-refractivity contribution in [3.05, 3.63) is 46.9 Å². The molecule has 5 heteroatoms. The maximum atomic E-state index is 13.0. The van der Waals surface area contributed by atoms with Crippen LogP contribution in [0.15, 0.2) is 39.9 Å². The fourth-order valence-corrected chi connectivity index (χ4v) is 1.57. The van der Waals surface area contributed by atoms with E-state index in [-0.39, 0.29) is 5.02 Å². The summed E-state index contributed by atoms with van der Waals surface area (Å²) in [5.41, 5.74) is 1.03. The molecule has 0 fully saturated rings. The lowest BCUT2D eigenvalue weighted by Gasteiger charge is -1.99. The molecule has 0 aliphatic rings. The van der Waals surface area contributed by atoms with E-state index in [1.54, 1.807) is 25.1 Å². The molecular formula is C12H9ClFNO2. The zero-order valence-corrected chi connectivity index (χ0v) is 9.70. The lowest BCUT2D eigenvalue weighted by atomic mass is 10.2. The Morgan fingerprint density at radius 2 is 2.12 bits per heavy atom. The smallest absolute Gasteiger partial charge is 0.152 e. The van der Waals surface area contributed by atoms with Crippen LogP contribution in [-0.2, 0) is 0 Å². The zero-order valence-electron chi connectivity index (χ0n) is 8.95. The molecule has 88 valence electrons. The Bertz CT molecular complexity index is 578. The molecule has 3 nitrogen and oxygen atoms in total. The van der Waals surface area contributed by atoms with E-state index >= 15 is 0 Å². The van der Waals surface area contributed by atoms with Gasteiger partial charge >= 0.3 is 0 Å². The summed E-state index contributed by atoms with van der Waals surface area (Å²) in [4.78, 5) is 0. The highest BCUT2D eigenvalue weighted by molar-refractivity contribution is 6.31. The summed E-state index contributed by atoms with van der Waals surface area (Å²) in [6.45, 7) is 1.61. The highest BCUT2D eigenvalue weighted by Crippen LogP contribution is 2.26. The zero-order chi connectivity index (χ0) is 12.4. The predicted molar refractivity (Wildman–Crippen MR) is 63.1 cm³/mol. The summed E-state index contributed by atoms with van der Waals surface area (Å²) < 4.78 is 18.4. The Morgan fingerprint density at radius 1 is 1.35 bits per heavy atom. The summed E-state index contributed by atoms with van der Waals surface area (Å²) in [6, 6.07) is 7.68. The van der Waals surface area contributed by atoms with Crippen molar-refractivity contribution in [2.24, 2.45) is 5.16 Å². The van der Waals surface area contributed by atoms with Gasteiger partial charge in [-0.05, 0) is 37.3 Å². The molecule has 0 spiro atoms. The van der Waals surface area contributed by atoms with Crippen molar-refractivity contribution < 1.29 is 14.0 Å². The summed E-state index contributed by atoms with van der Waals surface area (Å²) in [5.74, 6) is 0.503. The second-order valence-corrected chi connectivity index (χ2v) is 3.89. The molecule has 0 unspecified atom stereocenters. The number of oxime groups is 1. The average Bonchev–Trinajstić information content (AvgIpc) is 2.81. The van der Waals surface area contributed by atoms with Gasteiger partial charge in [0.05, 0.1) is 5.02 Å². The molecule has 0 amide bonds. The van der Waals surface area contributed by atoms with Crippen LogP contribution in [0.3, 0.4) is 0 Å². The molecule has 0 bridgehead atoms. The molecule has 1 aromatic carbocycles. The SMILES string of the molecule is C/C(=N\O)c1ccc(-c2ccc(F)c(Cl)c2)o1. The first kappa shape index (κ1) is 11.7. The third-order valence-corrected chi connectivity index (χ3v) is 2.61. The largest absolute Gasteiger partial charge is 0.455 e. The second-order valence-electron chi connectivity index (χ2n) is 3.48. The molecule has 0 saturated carbocycles. The van der Waals surface area contributed by atoms with E-state index < -0.39 is 5.82 Å². The molecule has 1 N–H and O–H groups in total. The fraction of sp³-hybridized carbons (Fsp3) is 0.0833. The number of hydrogen-bond donors (Lipinski definition) is 1. The predicted octanol–water partition coefficient (Wildman–Crippen LogP) is 3.94. The van der Waals surface area contributed by atoms with Crippen molar-refractivity contribution in [3.8, 4) is 11.3 Å². The topological polar surface area (TPSA) is 45.7 Å². The monoisotopic (exact) mass is 253 g/mol. The number of hydrogen-bond acceptors (Lipinski definition) is 3. The summed E-state index contributed by atoms with van der Waals surface area (Å²) >= 11 is 5.68. The highest BCUT2D eigenvalue weighted by atomic mass is 35.5. The molecule has 2 rings (SSSR count). The Hall–Kier alpha value is -1.81. The number of benzene rings is 1. The third kappa shape index (κ3) is 2.31. The van der Waals surface area contributed by atoms with Crippen LogP contribution in [-0.4, -0.2) is 10.9 Å². The van der Waals surface area contributed by atoms with E-state index in [1.807, 2.05) is 0 Å². The first-order valence-corrected chi connectivity index (χ1v) is 5.24. The van der Waals surface area contributed by atoms with E-state index in [0.29, 0.717) is 22.8 Å². The Balaban J connectivity index is 2.40. The van der Waals surface area contributed by atoms with Crippen molar-refractivity contribution in [3.63, 3.8) is 0 Å². The first-order valence-electron chi connectivity index (χ1n) is 4.86. The van der Waals surface area contributed by atoms with E-state index in [9.17, 15) is 4.39 Å². The molecule has 2 aromatic rings. The van der Waals surface area contributed by atoms with Crippen molar-refractivity contribution >= 4 is 17.3 Å². The fourth-order valence-electron chi connectivity index (χ4n) is 1.39.